The molecule has 15 heavy (non-hydrogen) atoms. The van der Waals surface area contributed by atoms with Crippen LogP contribution in [0.25, 0.3) is 6.08 Å². The Morgan fingerprint density at radius 3 is 3.00 bits per heavy atom. The van der Waals surface area contributed by atoms with Crippen LogP contribution in [0.4, 0.5) is 5.69 Å². The van der Waals surface area contributed by atoms with Gasteiger partial charge in [0, 0.05) is 10.7 Å². The van der Waals surface area contributed by atoms with Gasteiger partial charge < -0.3 is 5.32 Å². The number of nitrogens with one attached hydrogen (secondary N) is 1. The van der Waals surface area contributed by atoms with E-state index in [1.165, 1.54) is 0 Å². The molecule has 3 heteroatoms. The van der Waals surface area contributed by atoms with E-state index in [1.807, 2.05) is 12.1 Å². The van der Waals surface area contributed by atoms with E-state index >= 15 is 0 Å². The molecule has 1 aliphatic heterocycles. The first-order chi connectivity index (χ1) is 7.19. The number of fused-ring (bicyclic) bond motifs is 1. The summed E-state index contributed by atoms with van der Waals surface area (Å²) in [7, 11) is 0. The smallest absolute Gasteiger partial charge is 0.228 e. The summed E-state index contributed by atoms with van der Waals surface area (Å²) in [6, 6.07) is 5.43. The van der Waals surface area contributed by atoms with E-state index in [-0.39, 0.29) is 5.91 Å². The van der Waals surface area contributed by atoms with Crippen LogP contribution < -0.4 is 5.32 Å². The van der Waals surface area contributed by atoms with Crippen molar-refractivity contribution in [3.8, 4) is 0 Å². The molecule has 0 unspecified atom stereocenters. The highest BCUT2D eigenvalue weighted by Crippen LogP contribution is 2.27. The first-order valence-corrected chi connectivity index (χ1v) is 4.99. The molecule has 1 aromatic carbocycles. The number of benzene rings is 1. The van der Waals surface area contributed by atoms with Gasteiger partial charge in [-0.05, 0) is 29.3 Å². The van der Waals surface area contributed by atoms with Crippen LogP contribution in [0.1, 0.15) is 12.0 Å². The molecule has 0 spiro atoms. The average molecular weight is 220 g/mol. The Bertz CT molecular complexity index is 463. The molecule has 1 aromatic rings. The number of rotatable bonds is 1. The van der Waals surface area contributed by atoms with Gasteiger partial charge in [0.15, 0.2) is 0 Å². The first kappa shape index (κ1) is 9.99. The van der Waals surface area contributed by atoms with E-state index in [9.17, 15) is 4.79 Å². The fraction of sp³-hybridized carbons (Fsp3) is 0.0833. The first-order valence-electron chi connectivity index (χ1n) is 4.61. The monoisotopic (exact) mass is 219 g/mol. The molecule has 1 N–H and O–H groups in total. The third-order valence-electron chi connectivity index (χ3n) is 2.26. The fourth-order valence-corrected chi connectivity index (χ4v) is 1.70. The predicted octanol–water partition coefficient (Wildman–Crippen LogP) is 3.25. The van der Waals surface area contributed by atoms with Gasteiger partial charge in [0.2, 0.25) is 5.91 Å². The molecule has 1 aliphatic rings. The second-order valence-electron chi connectivity index (χ2n) is 3.38. The number of amides is 1. The highest BCUT2D eigenvalue weighted by atomic mass is 35.5. The molecule has 0 aliphatic carbocycles. The largest absolute Gasteiger partial charge is 0.325 e. The van der Waals surface area contributed by atoms with Gasteiger partial charge in [-0.1, -0.05) is 30.3 Å². The number of hydrogen-bond acceptors (Lipinski definition) is 1. The van der Waals surface area contributed by atoms with Crippen molar-refractivity contribution in [2.45, 2.75) is 6.42 Å². The number of halogens is 1. The zero-order valence-corrected chi connectivity index (χ0v) is 8.84. The van der Waals surface area contributed by atoms with Crippen LogP contribution in [0.15, 0.2) is 36.4 Å². The maximum absolute atomic E-state index is 11.5. The van der Waals surface area contributed by atoms with Crippen LogP contribution in [0.2, 0.25) is 5.02 Å². The highest BCUT2D eigenvalue weighted by molar-refractivity contribution is 6.31. The van der Waals surface area contributed by atoms with Crippen molar-refractivity contribution in [3.63, 3.8) is 0 Å². The lowest BCUT2D eigenvalue weighted by molar-refractivity contribution is -0.115. The lowest BCUT2D eigenvalue weighted by Gasteiger charge is -2.04. The molecular formula is C12H10ClNO. The summed E-state index contributed by atoms with van der Waals surface area (Å²) in [4.78, 5) is 11.5. The quantitative estimate of drug-likeness (QED) is 0.772. The minimum absolute atomic E-state index is 0.0397. The maximum Gasteiger partial charge on any atom is 0.228 e. The van der Waals surface area contributed by atoms with Crippen LogP contribution in [-0.4, -0.2) is 5.91 Å². The molecule has 76 valence electrons. The Balaban J connectivity index is 2.54. The third kappa shape index (κ3) is 2.10. The highest BCUT2D eigenvalue weighted by Gasteiger charge is 2.12. The molecule has 0 aromatic heterocycles. The molecule has 0 saturated carbocycles. The number of allylic oxidation sites excluding steroid dienone is 1. The summed E-state index contributed by atoms with van der Waals surface area (Å²) in [5.41, 5.74) is 2.62. The van der Waals surface area contributed by atoms with Gasteiger partial charge in [0.05, 0.1) is 6.42 Å². The second-order valence-corrected chi connectivity index (χ2v) is 3.82. The Morgan fingerprint density at radius 1 is 1.47 bits per heavy atom. The molecule has 0 saturated heterocycles. The molecule has 1 heterocycles. The van der Waals surface area contributed by atoms with Gasteiger partial charge in [-0.3, -0.25) is 4.79 Å². The number of anilines is 1. The summed E-state index contributed by atoms with van der Waals surface area (Å²) in [6.45, 7) is 3.68. The molecule has 1 amide bonds. The van der Waals surface area contributed by atoms with Gasteiger partial charge in [0.25, 0.3) is 0 Å². The molecule has 2 nitrogen and oxygen atoms in total. The average Bonchev–Trinajstić information content (AvgIpc) is 2.35. The standard InChI is InChI=1S/C12H10ClNO/c1-2-8-5-9-3-4-10(13)7-11(9)14-12(15)6-8/h2-5,7H,1,6H2,(H,14,15). The zero-order valence-electron chi connectivity index (χ0n) is 8.09. The molecule has 0 radical (unpaired) electrons. The summed E-state index contributed by atoms with van der Waals surface area (Å²) in [5.74, 6) is -0.0397. The number of carbonyl (C=O) groups excluding carboxylic acids is 1. The minimum atomic E-state index is -0.0397. The lowest BCUT2D eigenvalue weighted by atomic mass is 10.1. The van der Waals surface area contributed by atoms with Gasteiger partial charge in [-0.2, -0.15) is 0 Å². The summed E-state index contributed by atoms with van der Waals surface area (Å²) in [5, 5.41) is 3.42. The van der Waals surface area contributed by atoms with E-state index in [1.54, 1.807) is 18.2 Å². The van der Waals surface area contributed by atoms with Gasteiger partial charge in [-0.15, -0.1) is 0 Å². The number of carbonyl (C=O) groups is 1. The molecule has 0 atom stereocenters. The van der Waals surface area contributed by atoms with Crippen molar-refractivity contribution in [2.75, 3.05) is 5.32 Å². The molecule has 0 fully saturated rings. The van der Waals surface area contributed by atoms with Crippen molar-refractivity contribution in [2.24, 2.45) is 0 Å². The van der Waals surface area contributed by atoms with Crippen LogP contribution in [0.5, 0.6) is 0 Å². The maximum atomic E-state index is 11.5. The van der Waals surface area contributed by atoms with E-state index in [0.717, 1.165) is 16.8 Å². The Morgan fingerprint density at radius 2 is 2.27 bits per heavy atom. The third-order valence-corrected chi connectivity index (χ3v) is 2.49. The summed E-state index contributed by atoms with van der Waals surface area (Å²) < 4.78 is 0. The van der Waals surface area contributed by atoms with Gasteiger partial charge in [0.1, 0.15) is 0 Å². The van der Waals surface area contributed by atoms with Crippen molar-refractivity contribution in [1.29, 1.82) is 0 Å². The second kappa shape index (κ2) is 3.91. The zero-order chi connectivity index (χ0) is 10.8. The van der Waals surface area contributed by atoms with Gasteiger partial charge in [-0.25, -0.2) is 0 Å². The van der Waals surface area contributed by atoms with Crippen molar-refractivity contribution in [1.82, 2.24) is 0 Å². The van der Waals surface area contributed by atoms with E-state index in [2.05, 4.69) is 11.9 Å². The minimum Gasteiger partial charge on any atom is -0.325 e. The summed E-state index contributed by atoms with van der Waals surface area (Å²) >= 11 is 5.86. The Kier molecular flexibility index (Phi) is 2.60. The van der Waals surface area contributed by atoms with Crippen molar-refractivity contribution in [3.05, 3.63) is 47.0 Å². The van der Waals surface area contributed by atoms with Gasteiger partial charge >= 0.3 is 0 Å². The lowest BCUT2D eigenvalue weighted by Crippen LogP contribution is -2.10. The normalized spacial score (nSPS) is 14.7. The Labute approximate surface area is 93.3 Å². The van der Waals surface area contributed by atoms with Crippen molar-refractivity contribution < 1.29 is 4.79 Å². The SMILES string of the molecule is C=CC1=Cc2ccc(Cl)cc2NC(=O)C1. The van der Waals surface area contributed by atoms with Crippen LogP contribution in [0, 0.1) is 0 Å². The Hall–Kier alpha value is -1.54. The van der Waals surface area contributed by atoms with Crippen molar-refractivity contribution >= 4 is 29.3 Å². The molecule has 2 rings (SSSR count). The van der Waals surface area contributed by atoms with E-state index in [4.69, 9.17) is 11.6 Å². The fourth-order valence-electron chi connectivity index (χ4n) is 1.52. The molecule has 0 bridgehead atoms. The topological polar surface area (TPSA) is 29.1 Å². The molecular weight excluding hydrogens is 210 g/mol. The number of hydrogen-bond donors (Lipinski definition) is 1. The van der Waals surface area contributed by atoms with Crippen LogP contribution in [-0.2, 0) is 4.79 Å². The van der Waals surface area contributed by atoms with Crippen LogP contribution >= 0.6 is 11.6 Å². The predicted molar refractivity (Wildman–Crippen MR) is 62.9 cm³/mol. The van der Waals surface area contributed by atoms with Crippen LogP contribution in [0.3, 0.4) is 0 Å². The van der Waals surface area contributed by atoms with E-state index < -0.39 is 0 Å². The summed E-state index contributed by atoms with van der Waals surface area (Å²) in [6.07, 6.45) is 4.00. The van der Waals surface area contributed by atoms with E-state index in [0.29, 0.717) is 11.4 Å².